The predicted molar refractivity (Wildman–Crippen MR) is 203 cm³/mol. The van der Waals surface area contributed by atoms with Crippen molar-refractivity contribution in [3.63, 3.8) is 0 Å². The third-order valence-corrected chi connectivity index (χ3v) is 10.7. The molecule has 0 unspecified atom stereocenters. The first-order valence-corrected chi connectivity index (χ1v) is 17.0. The minimum Gasteiger partial charge on any atom is -0.316 e. The fourth-order valence-corrected chi connectivity index (χ4v) is 8.36. The molecule has 3 heteroatoms. The minimum absolute atomic E-state index is 0.0105. The molecule has 0 radical (unpaired) electrons. The van der Waals surface area contributed by atoms with Crippen molar-refractivity contribution in [3.8, 4) is 50.2 Å². The molecular formula is C46H33N3. The van der Waals surface area contributed by atoms with Crippen LogP contribution in [-0.2, 0) is 5.41 Å². The van der Waals surface area contributed by atoms with Crippen LogP contribution in [0.4, 0.5) is 17.1 Å². The lowest BCUT2D eigenvalue weighted by Crippen LogP contribution is -2.14. The van der Waals surface area contributed by atoms with Crippen molar-refractivity contribution in [2.45, 2.75) is 19.3 Å². The molecule has 0 saturated heterocycles. The van der Waals surface area contributed by atoms with Crippen LogP contribution in [0.25, 0.3) is 61.1 Å². The Hall–Kier alpha value is -6.19. The summed E-state index contributed by atoms with van der Waals surface area (Å²) in [6.45, 7) is 4.68. The molecule has 49 heavy (non-hydrogen) atoms. The maximum Gasteiger partial charge on any atom is 0.0613 e. The van der Waals surface area contributed by atoms with Gasteiger partial charge in [-0.05, 0) is 87.5 Å². The van der Waals surface area contributed by atoms with Crippen LogP contribution in [0.15, 0.2) is 164 Å². The van der Waals surface area contributed by atoms with Gasteiger partial charge in [-0.2, -0.15) is 0 Å². The topological polar surface area (TPSA) is 21.1 Å². The molecule has 0 amide bonds. The Morgan fingerprint density at radius 1 is 0.490 bits per heavy atom. The van der Waals surface area contributed by atoms with E-state index in [1.54, 1.807) is 0 Å². The van der Waals surface area contributed by atoms with Crippen LogP contribution in [0.5, 0.6) is 0 Å². The largest absolute Gasteiger partial charge is 0.316 e. The van der Waals surface area contributed by atoms with E-state index in [1.807, 2.05) is 12.4 Å². The van der Waals surface area contributed by atoms with E-state index in [9.17, 15) is 0 Å². The second-order valence-electron chi connectivity index (χ2n) is 13.7. The summed E-state index contributed by atoms with van der Waals surface area (Å²) in [6, 6.07) is 53.6. The summed E-state index contributed by atoms with van der Waals surface area (Å²) >= 11 is 0. The average molecular weight is 628 g/mol. The van der Waals surface area contributed by atoms with Gasteiger partial charge >= 0.3 is 0 Å². The quantitative estimate of drug-likeness (QED) is 0.194. The van der Waals surface area contributed by atoms with E-state index in [-0.39, 0.29) is 5.41 Å². The van der Waals surface area contributed by atoms with E-state index in [4.69, 9.17) is 0 Å². The molecule has 0 atom stereocenters. The summed E-state index contributed by atoms with van der Waals surface area (Å²) < 4.78 is 2.30. The van der Waals surface area contributed by atoms with Crippen LogP contribution in [0, 0.1) is 0 Å². The predicted octanol–water partition coefficient (Wildman–Crippen LogP) is 12.1. The molecule has 2 aromatic heterocycles. The second kappa shape index (κ2) is 10.4. The van der Waals surface area contributed by atoms with Crippen molar-refractivity contribution in [3.05, 3.63) is 175 Å². The van der Waals surface area contributed by atoms with Gasteiger partial charge in [-0.15, -0.1) is 0 Å². The highest BCUT2D eigenvalue weighted by molar-refractivity contribution is 6.11. The van der Waals surface area contributed by atoms with Crippen LogP contribution in [-0.4, -0.2) is 9.55 Å². The zero-order valence-electron chi connectivity index (χ0n) is 27.4. The maximum absolute atomic E-state index is 4.29. The highest BCUT2D eigenvalue weighted by Crippen LogP contribution is 2.54. The first-order chi connectivity index (χ1) is 24.1. The molecule has 3 heterocycles. The van der Waals surface area contributed by atoms with Gasteiger partial charge in [-0.25, -0.2) is 0 Å². The Morgan fingerprint density at radius 2 is 1.18 bits per heavy atom. The lowest BCUT2D eigenvalue weighted by atomic mass is 9.82. The normalized spacial score (nSPS) is 13.6. The Kier molecular flexibility index (Phi) is 5.92. The smallest absolute Gasteiger partial charge is 0.0613 e. The second-order valence-corrected chi connectivity index (χ2v) is 13.7. The number of hydrogen-bond donors (Lipinski definition) is 0. The van der Waals surface area contributed by atoms with E-state index in [0.29, 0.717) is 0 Å². The zero-order chi connectivity index (χ0) is 32.7. The number of fused-ring (bicyclic) bond motifs is 10. The molecule has 8 aromatic rings. The van der Waals surface area contributed by atoms with Gasteiger partial charge in [0.05, 0.1) is 16.9 Å². The lowest BCUT2D eigenvalue weighted by Gasteiger charge is -2.27. The van der Waals surface area contributed by atoms with E-state index < -0.39 is 0 Å². The number of hydrogen-bond acceptors (Lipinski definition) is 2. The standard InChI is InChI=1S/C46H33N3/c1-46(2)40-15-6-3-12-35(40)39-29-32(19-21-41(39)46)31-10-9-11-34(28-31)49-42-16-7-4-13-36(42)37-20-18-30-24-27-48(33-22-25-47-26-23-33)45(30)44(37)38-14-5-8-17-43(38)49/h3-29H,1-2H3. The van der Waals surface area contributed by atoms with E-state index >= 15 is 0 Å². The van der Waals surface area contributed by atoms with Gasteiger partial charge in [0.15, 0.2) is 0 Å². The molecule has 10 rings (SSSR count). The van der Waals surface area contributed by atoms with E-state index in [1.165, 1.54) is 66.5 Å². The third kappa shape index (κ3) is 4.06. The zero-order valence-corrected chi connectivity index (χ0v) is 27.4. The molecule has 2 aliphatic rings. The Balaban J connectivity index is 1.19. The number of pyridine rings is 1. The average Bonchev–Trinajstić information content (AvgIpc) is 3.65. The Morgan fingerprint density at radius 3 is 2.02 bits per heavy atom. The number of anilines is 3. The van der Waals surface area contributed by atoms with Gasteiger partial charge in [0.2, 0.25) is 0 Å². The monoisotopic (exact) mass is 627 g/mol. The summed E-state index contributed by atoms with van der Waals surface area (Å²) in [5.41, 5.74) is 18.5. The fourth-order valence-electron chi connectivity index (χ4n) is 8.36. The SMILES string of the molecule is CC1(C)c2ccccc2-c2cc(-c3cccc(N4c5ccccc5-c5ccc6ccn(-c7ccncc7)c6c5-c5ccccc54)c3)ccc21. The summed E-state index contributed by atoms with van der Waals surface area (Å²) in [6.07, 6.45) is 5.90. The van der Waals surface area contributed by atoms with Gasteiger partial charge in [0.1, 0.15) is 0 Å². The number of para-hydroxylation sites is 2. The molecule has 1 aliphatic carbocycles. The van der Waals surface area contributed by atoms with Crippen LogP contribution < -0.4 is 4.90 Å². The van der Waals surface area contributed by atoms with Crippen molar-refractivity contribution >= 4 is 28.0 Å². The first kappa shape index (κ1) is 27.9. The van der Waals surface area contributed by atoms with Crippen molar-refractivity contribution in [1.82, 2.24) is 9.55 Å². The van der Waals surface area contributed by atoms with Gasteiger partial charge in [-0.3, -0.25) is 4.98 Å². The van der Waals surface area contributed by atoms with Crippen molar-refractivity contribution < 1.29 is 0 Å². The van der Waals surface area contributed by atoms with Crippen LogP contribution in [0.2, 0.25) is 0 Å². The highest BCUT2D eigenvalue weighted by Gasteiger charge is 2.35. The van der Waals surface area contributed by atoms with Gasteiger partial charge in [0.25, 0.3) is 0 Å². The number of rotatable bonds is 3. The molecular weight excluding hydrogens is 595 g/mol. The van der Waals surface area contributed by atoms with Gasteiger partial charge < -0.3 is 9.47 Å². The third-order valence-electron chi connectivity index (χ3n) is 10.7. The first-order valence-electron chi connectivity index (χ1n) is 17.0. The molecule has 6 aromatic carbocycles. The lowest BCUT2D eigenvalue weighted by molar-refractivity contribution is 0.660. The number of benzene rings is 6. The van der Waals surface area contributed by atoms with Crippen molar-refractivity contribution in [2.75, 3.05) is 4.90 Å². The van der Waals surface area contributed by atoms with Gasteiger partial charge in [0, 0.05) is 57.5 Å². The molecule has 0 fully saturated rings. The Bertz CT molecular complexity index is 2590. The molecule has 0 spiro atoms. The summed E-state index contributed by atoms with van der Waals surface area (Å²) in [5, 5.41) is 1.21. The molecule has 3 nitrogen and oxygen atoms in total. The highest BCUT2D eigenvalue weighted by atomic mass is 15.1. The van der Waals surface area contributed by atoms with E-state index in [2.05, 4.69) is 180 Å². The van der Waals surface area contributed by atoms with E-state index in [0.717, 1.165) is 22.7 Å². The van der Waals surface area contributed by atoms with Crippen LogP contribution in [0.3, 0.4) is 0 Å². The Labute approximate surface area is 286 Å². The van der Waals surface area contributed by atoms with Crippen molar-refractivity contribution in [2.24, 2.45) is 0 Å². The molecule has 0 saturated carbocycles. The molecule has 232 valence electrons. The summed E-state index contributed by atoms with van der Waals surface area (Å²) in [5.74, 6) is 0. The molecule has 0 bridgehead atoms. The van der Waals surface area contributed by atoms with Gasteiger partial charge in [-0.1, -0.05) is 111 Å². The maximum atomic E-state index is 4.29. The van der Waals surface area contributed by atoms with Crippen LogP contribution in [0.1, 0.15) is 25.0 Å². The minimum atomic E-state index is -0.0105. The van der Waals surface area contributed by atoms with Crippen molar-refractivity contribution in [1.29, 1.82) is 0 Å². The molecule has 1 aliphatic heterocycles. The summed E-state index contributed by atoms with van der Waals surface area (Å²) in [7, 11) is 0. The molecule has 0 N–H and O–H groups in total. The summed E-state index contributed by atoms with van der Waals surface area (Å²) in [4.78, 5) is 6.74. The number of aromatic nitrogens is 2. The fraction of sp³-hybridized carbons (Fsp3) is 0.0652. The van der Waals surface area contributed by atoms with Crippen LogP contribution >= 0.6 is 0 Å². The number of nitrogens with zero attached hydrogens (tertiary/aromatic N) is 3.